The third kappa shape index (κ3) is 5.64. The molecule has 0 saturated carbocycles. The molecule has 9 heteroatoms. The van der Waals surface area contributed by atoms with E-state index in [4.69, 9.17) is 46.4 Å². The molecular formula is C45H29Cl4N5. The fourth-order valence-corrected chi connectivity index (χ4v) is 8.22. The van der Waals surface area contributed by atoms with Crippen molar-refractivity contribution in [3.8, 4) is 33.4 Å². The highest BCUT2D eigenvalue weighted by molar-refractivity contribution is 6.31. The predicted molar refractivity (Wildman–Crippen MR) is 227 cm³/mol. The SMILES string of the molecule is Clc1ccc(Cc2c3ccc([nH]3)c(-c3ccc(Cl)cc3)c3ccc4c(-c5ccc(Cl)cc5)c5ccc([nH]5)c(-c5ccc(Cl)cc5)c5ccc2n5[nH]n34)cc1. The zero-order valence-corrected chi connectivity index (χ0v) is 31.5. The number of fused-ring (bicyclic) bond motifs is 4. The summed E-state index contributed by atoms with van der Waals surface area (Å²) in [4.78, 5) is 7.69. The number of aromatic amines is 3. The molecule has 54 heavy (non-hydrogen) atoms. The van der Waals surface area contributed by atoms with Crippen LogP contribution >= 0.6 is 46.4 Å². The van der Waals surface area contributed by atoms with Gasteiger partial charge in [0, 0.05) is 70.8 Å². The van der Waals surface area contributed by atoms with E-state index in [1.54, 1.807) is 0 Å². The normalized spacial score (nSPS) is 11.8. The number of nitrogens with zero attached hydrogens (tertiary/aromatic N) is 2. The van der Waals surface area contributed by atoms with Crippen molar-refractivity contribution in [3.05, 3.63) is 177 Å². The second kappa shape index (κ2) is 13.1. The van der Waals surface area contributed by atoms with Crippen LogP contribution in [-0.2, 0) is 6.42 Å². The van der Waals surface area contributed by atoms with Gasteiger partial charge in [-0.15, -0.1) is 0 Å². The van der Waals surface area contributed by atoms with Gasteiger partial charge in [-0.05, 0) is 119 Å². The van der Waals surface area contributed by atoms with E-state index in [1.807, 2.05) is 48.5 Å². The minimum Gasteiger partial charge on any atom is -0.355 e. The lowest BCUT2D eigenvalue weighted by Crippen LogP contribution is -2.02. The number of benzene rings is 4. The molecule has 0 aliphatic carbocycles. The molecule has 0 atom stereocenters. The number of nitrogens with one attached hydrogen (secondary N) is 3. The van der Waals surface area contributed by atoms with E-state index >= 15 is 0 Å². The topological polar surface area (TPSA) is 56.2 Å². The molecule has 5 nitrogen and oxygen atoms in total. The van der Waals surface area contributed by atoms with E-state index < -0.39 is 0 Å². The molecule has 262 valence electrons. The molecular weight excluding hydrogens is 752 g/mol. The number of rotatable bonds is 5. The van der Waals surface area contributed by atoms with E-state index in [2.05, 4.69) is 121 Å². The minimum absolute atomic E-state index is 0.648. The molecule has 6 bridgehead atoms. The smallest absolute Gasteiger partial charge is 0.0746 e. The molecule has 6 heterocycles. The molecule has 0 unspecified atom stereocenters. The average Bonchev–Trinajstić information content (AvgIpc) is 4.01. The molecule has 4 aromatic carbocycles. The summed E-state index contributed by atoms with van der Waals surface area (Å²) in [5.74, 6) is 0. The minimum atomic E-state index is 0.648. The Morgan fingerprint density at radius 3 is 1.11 bits per heavy atom. The summed E-state index contributed by atoms with van der Waals surface area (Å²) in [6.45, 7) is 0. The molecule has 6 aromatic heterocycles. The Bertz CT molecular complexity index is 3030. The van der Waals surface area contributed by atoms with E-state index in [9.17, 15) is 0 Å². The van der Waals surface area contributed by atoms with Gasteiger partial charge in [-0.3, -0.25) is 0 Å². The number of aromatic nitrogens is 5. The maximum absolute atomic E-state index is 6.45. The van der Waals surface area contributed by atoms with E-state index in [1.165, 1.54) is 0 Å². The summed E-state index contributed by atoms with van der Waals surface area (Å²) in [5.41, 5.74) is 16.1. The Morgan fingerprint density at radius 2 is 0.685 bits per heavy atom. The summed E-state index contributed by atoms with van der Waals surface area (Å²) >= 11 is 25.7. The van der Waals surface area contributed by atoms with E-state index in [0.29, 0.717) is 26.5 Å². The van der Waals surface area contributed by atoms with Crippen LogP contribution in [0.1, 0.15) is 11.1 Å². The summed E-state index contributed by atoms with van der Waals surface area (Å²) < 4.78 is 4.40. The first-order valence-electron chi connectivity index (χ1n) is 17.5. The zero-order valence-electron chi connectivity index (χ0n) is 28.5. The van der Waals surface area contributed by atoms with Gasteiger partial charge >= 0.3 is 0 Å². The Kier molecular flexibility index (Phi) is 8.00. The van der Waals surface area contributed by atoms with Gasteiger partial charge in [0.1, 0.15) is 0 Å². The van der Waals surface area contributed by atoms with Crippen LogP contribution in [0.3, 0.4) is 0 Å². The lowest BCUT2D eigenvalue weighted by Gasteiger charge is -2.12. The molecule has 0 aliphatic heterocycles. The van der Waals surface area contributed by atoms with Crippen molar-refractivity contribution in [1.29, 1.82) is 0 Å². The monoisotopic (exact) mass is 779 g/mol. The third-order valence-electron chi connectivity index (χ3n) is 10.2. The second-order valence-electron chi connectivity index (χ2n) is 13.5. The molecule has 0 saturated heterocycles. The zero-order chi connectivity index (χ0) is 36.5. The van der Waals surface area contributed by atoms with Crippen LogP contribution in [-0.4, -0.2) is 24.2 Å². The van der Waals surface area contributed by atoms with Crippen molar-refractivity contribution in [2.75, 3.05) is 0 Å². The largest absolute Gasteiger partial charge is 0.355 e. The van der Waals surface area contributed by atoms with Gasteiger partial charge in [-0.25, -0.2) is 14.2 Å². The van der Waals surface area contributed by atoms with Crippen molar-refractivity contribution >= 4 is 90.5 Å². The fourth-order valence-electron chi connectivity index (χ4n) is 7.72. The van der Waals surface area contributed by atoms with Gasteiger partial charge < -0.3 is 9.97 Å². The first-order chi connectivity index (χ1) is 26.4. The van der Waals surface area contributed by atoms with Gasteiger partial charge in [-0.1, -0.05) is 94.9 Å². The molecule has 0 aliphatic rings. The molecule has 0 amide bonds. The second-order valence-corrected chi connectivity index (χ2v) is 15.2. The summed E-state index contributed by atoms with van der Waals surface area (Å²) in [7, 11) is 0. The van der Waals surface area contributed by atoms with Gasteiger partial charge in [0.25, 0.3) is 0 Å². The van der Waals surface area contributed by atoms with E-state index in [-0.39, 0.29) is 0 Å². The van der Waals surface area contributed by atoms with Gasteiger partial charge in [0.2, 0.25) is 0 Å². The third-order valence-corrected chi connectivity index (χ3v) is 11.2. The Morgan fingerprint density at radius 1 is 0.352 bits per heavy atom. The molecule has 0 radical (unpaired) electrons. The van der Waals surface area contributed by atoms with E-state index in [0.717, 1.165) is 88.6 Å². The lowest BCUT2D eigenvalue weighted by atomic mass is 10.0. The summed E-state index contributed by atoms with van der Waals surface area (Å²) in [5, 5.41) is 6.69. The van der Waals surface area contributed by atoms with Crippen molar-refractivity contribution in [2.45, 2.75) is 6.42 Å². The van der Waals surface area contributed by atoms with Crippen molar-refractivity contribution in [2.24, 2.45) is 0 Å². The maximum Gasteiger partial charge on any atom is 0.0746 e. The quantitative estimate of drug-likeness (QED) is 0.156. The molecule has 3 N–H and O–H groups in total. The summed E-state index contributed by atoms with van der Waals surface area (Å²) in [6.07, 6.45) is 0.648. The van der Waals surface area contributed by atoms with Crippen LogP contribution in [0.25, 0.3) is 77.5 Å². The number of halogens is 4. The van der Waals surface area contributed by atoms with Gasteiger partial charge in [-0.2, -0.15) is 0 Å². The summed E-state index contributed by atoms with van der Waals surface area (Å²) in [6, 6.07) is 49.5. The van der Waals surface area contributed by atoms with Crippen LogP contribution < -0.4 is 0 Å². The Hall–Kier alpha value is -5.56. The van der Waals surface area contributed by atoms with Crippen LogP contribution in [0.5, 0.6) is 0 Å². The first kappa shape index (κ1) is 33.0. The Labute approximate surface area is 329 Å². The Balaban J connectivity index is 1.47. The highest BCUT2D eigenvalue weighted by atomic mass is 35.5. The van der Waals surface area contributed by atoms with Crippen molar-refractivity contribution in [3.63, 3.8) is 0 Å². The fraction of sp³-hybridized carbons (Fsp3) is 0.0222. The number of H-pyrrole nitrogens is 3. The molecule has 0 fully saturated rings. The standard InChI is InChI=1S/C45H29Cl4N5/c46-30-9-1-26(2-10-30)25-34-35-17-18-36(50-35)43(27-3-11-31(47)12-4-27)41-23-24-42-45(29-7-15-33(49)16-8-29)38-20-19-37(51-38)44(28-5-13-32(48)14-6-28)40-22-21-39(34)53(40)52-54(41)42/h1-24,50-52H,25H2. The van der Waals surface area contributed by atoms with Crippen LogP contribution in [0.4, 0.5) is 0 Å². The van der Waals surface area contributed by atoms with Crippen molar-refractivity contribution < 1.29 is 0 Å². The van der Waals surface area contributed by atoms with Crippen LogP contribution in [0.15, 0.2) is 146 Å². The van der Waals surface area contributed by atoms with Crippen LogP contribution in [0, 0.1) is 0 Å². The van der Waals surface area contributed by atoms with Gasteiger partial charge in [0.05, 0.1) is 22.1 Å². The van der Waals surface area contributed by atoms with Crippen molar-refractivity contribution in [1.82, 2.24) is 24.2 Å². The first-order valence-corrected chi connectivity index (χ1v) is 19.0. The van der Waals surface area contributed by atoms with Crippen LogP contribution in [0.2, 0.25) is 20.1 Å². The molecule has 10 rings (SSSR count). The highest BCUT2D eigenvalue weighted by Gasteiger charge is 2.18. The predicted octanol–water partition coefficient (Wildman–Crippen LogP) is 14.0. The number of hydrogen-bond acceptors (Lipinski definition) is 0. The molecule has 10 aromatic rings. The average molecular weight is 782 g/mol. The highest BCUT2D eigenvalue weighted by Crippen LogP contribution is 2.38. The molecule has 0 spiro atoms. The lowest BCUT2D eigenvalue weighted by molar-refractivity contribution is 0.807. The number of hydrogen-bond donors (Lipinski definition) is 3. The maximum atomic E-state index is 6.45. The van der Waals surface area contributed by atoms with Gasteiger partial charge in [0.15, 0.2) is 0 Å².